The van der Waals surface area contributed by atoms with E-state index in [1.54, 1.807) is 6.08 Å². The lowest BCUT2D eigenvalue weighted by atomic mass is 10.1. The summed E-state index contributed by atoms with van der Waals surface area (Å²) < 4.78 is 1.16. The summed E-state index contributed by atoms with van der Waals surface area (Å²) in [7, 11) is 0. The van der Waals surface area contributed by atoms with Gasteiger partial charge in [-0.1, -0.05) is 48.5 Å². The van der Waals surface area contributed by atoms with Gasteiger partial charge in [-0.25, -0.2) is 0 Å². The first-order valence-corrected chi connectivity index (χ1v) is 6.82. The Morgan fingerprint density at radius 1 is 1.06 bits per heavy atom. The maximum absolute atomic E-state index is 11.8. The van der Waals surface area contributed by atoms with Crippen molar-refractivity contribution in [3.8, 4) is 0 Å². The van der Waals surface area contributed by atoms with Crippen molar-refractivity contribution in [3.05, 3.63) is 75.4 Å². The highest BCUT2D eigenvalue weighted by Crippen LogP contribution is 2.09. The van der Waals surface area contributed by atoms with Gasteiger partial charge >= 0.3 is 0 Å². The van der Waals surface area contributed by atoms with E-state index in [4.69, 9.17) is 0 Å². The minimum absolute atomic E-state index is 0.126. The largest absolute Gasteiger partial charge is 0.294 e. The molecule has 0 radical (unpaired) electrons. The van der Waals surface area contributed by atoms with Crippen molar-refractivity contribution >= 4 is 34.5 Å². The van der Waals surface area contributed by atoms with Gasteiger partial charge in [0.05, 0.1) is 0 Å². The van der Waals surface area contributed by atoms with Crippen LogP contribution in [0.15, 0.2) is 60.7 Å². The smallest absolute Gasteiger partial charge is 0.160 e. The number of halogens is 1. The Hall–Kier alpha value is -1.42. The Balaban J connectivity index is 1.99. The van der Waals surface area contributed by atoms with Crippen molar-refractivity contribution < 1.29 is 4.79 Å². The maximum atomic E-state index is 11.8. The summed E-state index contributed by atoms with van der Waals surface area (Å²) in [6.07, 6.45) is 3.96. The molecule has 0 saturated heterocycles. The van der Waals surface area contributed by atoms with E-state index in [0.29, 0.717) is 6.42 Å². The van der Waals surface area contributed by atoms with Gasteiger partial charge in [0.2, 0.25) is 0 Å². The molecule has 2 rings (SSSR count). The van der Waals surface area contributed by atoms with Crippen molar-refractivity contribution in [2.75, 3.05) is 0 Å². The Morgan fingerprint density at radius 3 is 2.56 bits per heavy atom. The molecule has 0 fully saturated rings. The Labute approximate surface area is 121 Å². The van der Waals surface area contributed by atoms with Crippen LogP contribution in [0.3, 0.4) is 0 Å². The minimum atomic E-state index is 0.126. The summed E-state index contributed by atoms with van der Waals surface area (Å²) in [6, 6.07) is 17.9. The van der Waals surface area contributed by atoms with Gasteiger partial charge in [-0.3, -0.25) is 4.79 Å². The predicted octanol–water partition coefficient (Wildman–Crippen LogP) is 4.12. The molecule has 18 heavy (non-hydrogen) atoms. The summed E-state index contributed by atoms with van der Waals surface area (Å²) in [6.45, 7) is 0. The van der Waals surface area contributed by atoms with Crippen LogP contribution in [0.4, 0.5) is 0 Å². The molecule has 0 N–H and O–H groups in total. The molecule has 2 heteroatoms. The molecule has 0 saturated carbocycles. The summed E-state index contributed by atoms with van der Waals surface area (Å²) in [4.78, 5) is 11.8. The van der Waals surface area contributed by atoms with Crippen LogP contribution in [-0.2, 0) is 11.2 Å². The molecule has 0 atom stereocenters. The third kappa shape index (κ3) is 4.11. The summed E-state index contributed by atoms with van der Waals surface area (Å²) >= 11 is 2.25. The molecule has 0 unspecified atom stereocenters. The average Bonchev–Trinajstić information content (AvgIpc) is 2.38. The van der Waals surface area contributed by atoms with Crippen LogP contribution >= 0.6 is 22.6 Å². The highest BCUT2D eigenvalue weighted by atomic mass is 127. The quantitative estimate of drug-likeness (QED) is 0.600. The number of benzene rings is 2. The van der Waals surface area contributed by atoms with E-state index in [-0.39, 0.29) is 5.78 Å². The zero-order valence-electron chi connectivity index (χ0n) is 9.84. The maximum Gasteiger partial charge on any atom is 0.160 e. The molecule has 0 aliphatic heterocycles. The van der Waals surface area contributed by atoms with Gasteiger partial charge in [-0.15, -0.1) is 0 Å². The summed E-state index contributed by atoms with van der Waals surface area (Å²) in [5.74, 6) is 0.126. The molecule has 90 valence electrons. The lowest BCUT2D eigenvalue weighted by Gasteiger charge is -1.98. The molecular formula is C16H13IO. The van der Waals surface area contributed by atoms with Crippen molar-refractivity contribution in [1.29, 1.82) is 0 Å². The monoisotopic (exact) mass is 348 g/mol. The van der Waals surface area contributed by atoms with E-state index in [1.165, 1.54) is 0 Å². The molecule has 2 aromatic carbocycles. The highest BCUT2D eigenvalue weighted by molar-refractivity contribution is 14.1. The lowest BCUT2D eigenvalue weighted by Crippen LogP contribution is -1.98. The Morgan fingerprint density at radius 2 is 1.83 bits per heavy atom. The third-order valence-corrected chi connectivity index (χ3v) is 3.20. The van der Waals surface area contributed by atoms with E-state index in [1.807, 2.05) is 60.7 Å². The topological polar surface area (TPSA) is 17.1 Å². The summed E-state index contributed by atoms with van der Waals surface area (Å²) in [5, 5.41) is 0. The molecule has 0 aromatic heterocycles. The number of carbonyl (C=O) groups excluding carboxylic acids is 1. The van der Waals surface area contributed by atoms with E-state index < -0.39 is 0 Å². The van der Waals surface area contributed by atoms with Gasteiger partial charge in [-0.2, -0.15) is 0 Å². The first-order valence-electron chi connectivity index (χ1n) is 5.74. The molecular weight excluding hydrogens is 335 g/mol. The molecule has 0 aliphatic rings. The first-order chi connectivity index (χ1) is 8.74. The van der Waals surface area contributed by atoms with Gasteiger partial charge in [0.15, 0.2) is 5.78 Å². The third-order valence-electron chi connectivity index (χ3n) is 2.53. The fourth-order valence-electron chi connectivity index (χ4n) is 1.66. The number of allylic oxidation sites excluding steroid dienone is 1. The molecule has 0 aliphatic carbocycles. The van der Waals surface area contributed by atoms with Crippen LogP contribution in [0.2, 0.25) is 0 Å². The molecule has 0 heterocycles. The fraction of sp³-hybridized carbons (Fsp3) is 0.0625. The van der Waals surface area contributed by atoms with Crippen LogP contribution in [0.1, 0.15) is 11.1 Å². The van der Waals surface area contributed by atoms with E-state index in [9.17, 15) is 4.79 Å². The van der Waals surface area contributed by atoms with Crippen LogP contribution in [0, 0.1) is 3.57 Å². The standard InChI is InChI=1S/C16H13IO/c17-15-8-4-7-14(11-15)12-16(18)10-9-13-5-2-1-3-6-13/h1-11H,12H2/b10-9+. The van der Waals surface area contributed by atoms with Gasteiger partial charge in [0.1, 0.15) is 0 Å². The number of hydrogen-bond acceptors (Lipinski definition) is 1. The highest BCUT2D eigenvalue weighted by Gasteiger charge is 2.00. The van der Waals surface area contributed by atoms with E-state index in [0.717, 1.165) is 14.7 Å². The normalized spacial score (nSPS) is 10.7. The zero-order chi connectivity index (χ0) is 12.8. The SMILES string of the molecule is O=C(/C=C/c1ccccc1)Cc1cccc(I)c1. The van der Waals surface area contributed by atoms with Crippen LogP contribution in [0.5, 0.6) is 0 Å². The predicted molar refractivity (Wildman–Crippen MR) is 83.3 cm³/mol. The summed E-state index contributed by atoms with van der Waals surface area (Å²) in [5.41, 5.74) is 2.11. The van der Waals surface area contributed by atoms with Crippen molar-refractivity contribution in [2.45, 2.75) is 6.42 Å². The van der Waals surface area contributed by atoms with E-state index >= 15 is 0 Å². The number of rotatable bonds is 4. The van der Waals surface area contributed by atoms with Crippen molar-refractivity contribution in [1.82, 2.24) is 0 Å². The van der Waals surface area contributed by atoms with Gasteiger partial charge in [0.25, 0.3) is 0 Å². The Kier molecular flexibility index (Phi) is 4.70. The fourth-order valence-corrected chi connectivity index (χ4v) is 2.27. The van der Waals surface area contributed by atoms with Gasteiger partial charge < -0.3 is 0 Å². The van der Waals surface area contributed by atoms with Crippen LogP contribution in [0.25, 0.3) is 6.08 Å². The van der Waals surface area contributed by atoms with Gasteiger partial charge in [-0.05, 0) is 51.9 Å². The first kappa shape index (κ1) is 13.0. The van der Waals surface area contributed by atoms with Gasteiger partial charge in [0, 0.05) is 9.99 Å². The molecule has 2 aromatic rings. The minimum Gasteiger partial charge on any atom is -0.294 e. The molecule has 0 spiro atoms. The lowest BCUT2D eigenvalue weighted by molar-refractivity contribution is -0.113. The molecule has 0 bridgehead atoms. The van der Waals surface area contributed by atoms with E-state index in [2.05, 4.69) is 22.6 Å². The number of carbonyl (C=O) groups is 1. The second-order valence-electron chi connectivity index (χ2n) is 4.02. The second kappa shape index (κ2) is 6.50. The zero-order valence-corrected chi connectivity index (χ0v) is 12.0. The number of hydrogen-bond donors (Lipinski definition) is 0. The number of ketones is 1. The Bertz CT molecular complexity index is 558. The average molecular weight is 348 g/mol. The van der Waals surface area contributed by atoms with Crippen LogP contribution < -0.4 is 0 Å². The van der Waals surface area contributed by atoms with Crippen molar-refractivity contribution in [2.24, 2.45) is 0 Å². The van der Waals surface area contributed by atoms with Crippen molar-refractivity contribution in [3.63, 3.8) is 0 Å². The second-order valence-corrected chi connectivity index (χ2v) is 5.26. The molecule has 1 nitrogen and oxygen atoms in total. The van der Waals surface area contributed by atoms with Crippen LogP contribution in [-0.4, -0.2) is 5.78 Å². The molecule has 0 amide bonds.